The summed E-state index contributed by atoms with van der Waals surface area (Å²) in [5.41, 5.74) is 1.99. The quantitative estimate of drug-likeness (QED) is 0.729. The van der Waals surface area contributed by atoms with Crippen molar-refractivity contribution in [3.05, 3.63) is 89.2 Å². The first-order valence-electron chi connectivity index (χ1n) is 7.48. The third kappa shape index (κ3) is 4.06. The number of halogens is 1. The van der Waals surface area contributed by atoms with E-state index in [1.165, 1.54) is 0 Å². The summed E-state index contributed by atoms with van der Waals surface area (Å²) >= 11 is 5.90. The molecule has 6 heteroatoms. The second-order valence-electron chi connectivity index (χ2n) is 5.39. The molecular weight excluding hydrogens is 344 g/mol. The summed E-state index contributed by atoms with van der Waals surface area (Å²) in [5.74, 6) is 0. The first kappa shape index (κ1) is 16.8. The molecule has 3 aromatic rings. The SMILES string of the molecule is O=S(=O)(NCc1cccn1Cc1ccc(Cl)cc1)c1ccccc1. The van der Waals surface area contributed by atoms with Crippen LogP contribution >= 0.6 is 11.6 Å². The van der Waals surface area contributed by atoms with Crippen LogP contribution < -0.4 is 4.72 Å². The van der Waals surface area contributed by atoms with Gasteiger partial charge in [0, 0.05) is 23.5 Å². The van der Waals surface area contributed by atoms with Crippen molar-refractivity contribution in [3.63, 3.8) is 0 Å². The fraction of sp³-hybridized carbons (Fsp3) is 0.111. The smallest absolute Gasteiger partial charge is 0.240 e. The minimum atomic E-state index is -3.51. The van der Waals surface area contributed by atoms with Crippen molar-refractivity contribution in [2.45, 2.75) is 18.0 Å². The van der Waals surface area contributed by atoms with Crippen LogP contribution in [0.4, 0.5) is 0 Å². The largest absolute Gasteiger partial charge is 0.346 e. The predicted molar refractivity (Wildman–Crippen MR) is 95.5 cm³/mol. The van der Waals surface area contributed by atoms with Gasteiger partial charge in [0.05, 0.1) is 11.4 Å². The molecule has 0 fully saturated rings. The lowest BCUT2D eigenvalue weighted by molar-refractivity contribution is 0.578. The number of nitrogens with zero attached hydrogens (tertiary/aromatic N) is 1. The molecule has 0 atom stereocenters. The summed E-state index contributed by atoms with van der Waals surface area (Å²) in [7, 11) is -3.51. The predicted octanol–water partition coefficient (Wildman–Crippen LogP) is 3.67. The van der Waals surface area contributed by atoms with Crippen molar-refractivity contribution < 1.29 is 8.42 Å². The number of sulfonamides is 1. The highest BCUT2D eigenvalue weighted by atomic mass is 35.5. The van der Waals surface area contributed by atoms with E-state index in [-0.39, 0.29) is 11.4 Å². The number of rotatable bonds is 6. The van der Waals surface area contributed by atoms with Gasteiger partial charge in [0.15, 0.2) is 0 Å². The standard InChI is InChI=1S/C18H17ClN2O2S/c19-16-10-8-15(9-11-16)14-21-12-4-5-17(21)13-20-24(22,23)18-6-2-1-3-7-18/h1-12,20H,13-14H2. The molecule has 0 aliphatic rings. The summed E-state index contributed by atoms with van der Waals surface area (Å²) < 4.78 is 29.3. The van der Waals surface area contributed by atoms with Crippen molar-refractivity contribution in [2.75, 3.05) is 0 Å². The molecular formula is C18H17ClN2O2S. The molecule has 0 spiro atoms. The van der Waals surface area contributed by atoms with Crippen molar-refractivity contribution in [1.29, 1.82) is 0 Å². The minimum Gasteiger partial charge on any atom is -0.346 e. The number of nitrogens with one attached hydrogen (secondary N) is 1. The Morgan fingerprint density at radius 2 is 1.62 bits per heavy atom. The number of hydrogen-bond donors (Lipinski definition) is 1. The maximum absolute atomic E-state index is 12.3. The normalized spacial score (nSPS) is 11.5. The molecule has 0 aliphatic heterocycles. The lowest BCUT2D eigenvalue weighted by Gasteiger charge is -2.11. The van der Waals surface area contributed by atoms with E-state index >= 15 is 0 Å². The van der Waals surface area contributed by atoms with E-state index < -0.39 is 10.0 Å². The first-order valence-corrected chi connectivity index (χ1v) is 9.34. The lowest BCUT2D eigenvalue weighted by atomic mass is 10.2. The molecule has 4 nitrogen and oxygen atoms in total. The van der Waals surface area contributed by atoms with Gasteiger partial charge in [0.2, 0.25) is 10.0 Å². The summed E-state index contributed by atoms with van der Waals surface area (Å²) in [6.07, 6.45) is 1.93. The zero-order valence-electron chi connectivity index (χ0n) is 12.9. The summed E-state index contributed by atoms with van der Waals surface area (Å²) in [6, 6.07) is 19.8. The van der Waals surface area contributed by atoms with Crippen molar-refractivity contribution in [3.8, 4) is 0 Å². The highest BCUT2D eigenvalue weighted by Crippen LogP contribution is 2.13. The maximum Gasteiger partial charge on any atom is 0.240 e. The molecule has 0 unspecified atom stereocenters. The van der Waals surface area contributed by atoms with Gasteiger partial charge in [-0.2, -0.15) is 0 Å². The van der Waals surface area contributed by atoms with Crippen LogP contribution in [0.5, 0.6) is 0 Å². The Morgan fingerprint density at radius 1 is 0.917 bits per heavy atom. The Kier molecular flexibility index (Phi) is 5.04. The van der Waals surface area contributed by atoms with E-state index in [0.717, 1.165) is 11.3 Å². The third-order valence-corrected chi connectivity index (χ3v) is 5.36. The maximum atomic E-state index is 12.3. The van der Waals surface area contributed by atoms with Gasteiger partial charge >= 0.3 is 0 Å². The minimum absolute atomic E-state index is 0.234. The number of aromatic nitrogens is 1. The molecule has 24 heavy (non-hydrogen) atoms. The molecule has 2 aromatic carbocycles. The lowest BCUT2D eigenvalue weighted by Crippen LogP contribution is -2.24. The average molecular weight is 361 g/mol. The van der Waals surface area contributed by atoms with Crippen LogP contribution in [0.2, 0.25) is 5.02 Å². The topological polar surface area (TPSA) is 51.1 Å². The van der Waals surface area contributed by atoms with Crippen LogP contribution in [0.15, 0.2) is 77.8 Å². The van der Waals surface area contributed by atoms with Gasteiger partial charge in [-0.15, -0.1) is 0 Å². The van der Waals surface area contributed by atoms with Crippen LogP contribution in [-0.2, 0) is 23.1 Å². The number of benzene rings is 2. The van der Waals surface area contributed by atoms with E-state index in [0.29, 0.717) is 11.6 Å². The van der Waals surface area contributed by atoms with Crippen molar-refractivity contribution in [2.24, 2.45) is 0 Å². The van der Waals surface area contributed by atoms with Gasteiger partial charge in [-0.1, -0.05) is 41.9 Å². The van der Waals surface area contributed by atoms with Gasteiger partial charge in [0.25, 0.3) is 0 Å². The van der Waals surface area contributed by atoms with Crippen LogP contribution in [0.25, 0.3) is 0 Å². The fourth-order valence-electron chi connectivity index (χ4n) is 2.40. The van der Waals surface area contributed by atoms with Gasteiger partial charge in [-0.3, -0.25) is 0 Å². The highest BCUT2D eigenvalue weighted by Gasteiger charge is 2.13. The van der Waals surface area contributed by atoms with Gasteiger partial charge in [0.1, 0.15) is 0 Å². The van der Waals surface area contributed by atoms with E-state index in [1.54, 1.807) is 30.3 Å². The van der Waals surface area contributed by atoms with Crippen LogP contribution in [0.3, 0.4) is 0 Å². The first-order chi connectivity index (χ1) is 11.5. The Bertz CT molecular complexity index is 904. The van der Waals surface area contributed by atoms with Gasteiger partial charge in [-0.05, 0) is 42.0 Å². The van der Waals surface area contributed by atoms with E-state index in [4.69, 9.17) is 11.6 Å². The van der Waals surface area contributed by atoms with E-state index in [9.17, 15) is 8.42 Å². The van der Waals surface area contributed by atoms with Crippen LogP contribution in [-0.4, -0.2) is 13.0 Å². The molecule has 0 saturated carbocycles. The summed E-state index contributed by atoms with van der Waals surface area (Å²) in [5, 5.41) is 0.696. The highest BCUT2D eigenvalue weighted by molar-refractivity contribution is 7.89. The molecule has 124 valence electrons. The Morgan fingerprint density at radius 3 is 2.33 bits per heavy atom. The molecule has 1 N–H and O–H groups in total. The fourth-order valence-corrected chi connectivity index (χ4v) is 3.55. The molecule has 1 aromatic heterocycles. The zero-order valence-corrected chi connectivity index (χ0v) is 14.5. The monoisotopic (exact) mass is 360 g/mol. The van der Waals surface area contributed by atoms with Crippen molar-refractivity contribution in [1.82, 2.24) is 9.29 Å². The third-order valence-electron chi connectivity index (χ3n) is 3.69. The Hall–Kier alpha value is -2.08. The summed E-state index contributed by atoms with van der Waals surface area (Å²) in [6.45, 7) is 0.893. The molecule has 0 radical (unpaired) electrons. The average Bonchev–Trinajstić information content (AvgIpc) is 3.03. The molecule has 1 heterocycles. The molecule has 0 saturated heterocycles. The molecule has 3 rings (SSSR count). The van der Waals surface area contributed by atoms with Crippen LogP contribution in [0.1, 0.15) is 11.3 Å². The van der Waals surface area contributed by atoms with Crippen LogP contribution in [0, 0.1) is 0 Å². The van der Waals surface area contributed by atoms with Gasteiger partial charge < -0.3 is 4.57 Å². The second kappa shape index (κ2) is 7.21. The Balaban J connectivity index is 1.71. The summed E-state index contributed by atoms with van der Waals surface area (Å²) in [4.78, 5) is 0.265. The van der Waals surface area contributed by atoms with Gasteiger partial charge in [-0.25, -0.2) is 13.1 Å². The molecule has 0 aliphatic carbocycles. The Labute approximate surface area is 146 Å². The molecule has 0 amide bonds. The number of hydrogen-bond acceptors (Lipinski definition) is 2. The molecule has 0 bridgehead atoms. The van der Waals surface area contributed by atoms with E-state index in [2.05, 4.69) is 4.72 Å². The van der Waals surface area contributed by atoms with E-state index in [1.807, 2.05) is 47.2 Å². The van der Waals surface area contributed by atoms with Crippen molar-refractivity contribution >= 4 is 21.6 Å². The second-order valence-corrected chi connectivity index (χ2v) is 7.59. The zero-order chi connectivity index (χ0) is 17.0.